The van der Waals surface area contributed by atoms with Gasteiger partial charge in [0.05, 0.1) is 26.7 Å². The fourth-order valence-electron chi connectivity index (χ4n) is 3.19. The maximum atomic E-state index is 13.8. The van der Waals surface area contributed by atoms with Gasteiger partial charge in [-0.1, -0.05) is 23.8 Å². The van der Waals surface area contributed by atoms with E-state index in [4.69, 9.17) is 9.47 Å². The van der Waals surface area contributed by atoms with Crippen molar-refractivity contribution in [3.8, 4) is 5.75 Å². The number of hydrogen-bond donors (Lipinski definition) is 1. The van der Waals surface area contributed by atoms with Crippen LogP contribution in [0.25, 0.3) is 0 Å². The van der Waals surface area contributed by atoms with Crippen molar-refractivity contribution in [2.24, 2.45) is 0 Å². The van der Waals surface area contributed by atoms with Gasteiger partial charge in [-0.05, 0) is 36.8 Å². The fraction of sp³-hybridized carbons (Fsp3) is 0.300. The minimum absolute atomic E-state index is 0.0391. The largest absolute Gasteiger partial charge is 0.494 e. The molecule has 0 spiro atoms. The van der Waals surface area contributed by atoms with Crippen LogP contribution in [0.3, 0.4) is 0 Å². The lowest BCUT2D eigenvalue weighted by Gasteiger charge is -2.31. The van der Waals surface area contributed by atoms with E-state index in [1.807, 2.05) is 31.2 Å². The van der Waals surface area contributed by atoms with Crippen molar-refractivity contribution in [1.82, 2.24) is 5.32 Å². The highest BCUT2D eigenvalue weighted by Crippen LogP contribution is 2.49. The number of halogens is 1. The van der Waals surface area contributed by atoms with Crippen molar-refractivity contribution in [2.75, 3.05) is 14.2 Å². The van der Waals surface area contributed by atoms with Crippen LogP contribution in [-0.4, -0.2) is 30.8 Å². The number of aryl methyl sites for hydroxylation is 1. The Labute approximate surface area is 161 Å². The Bertz CT molecular complexity index is 871. The third kappa shape index (κ3) is 3.64. The molecule has 7 heteroatoms. The second-order valence-electron chi connectivity index (χ2n) is 6.37. The third-order valence-electron chi connectivity index (χ3n) is 4.56. The van der Waals surface area contributed by atoms with Crippen LogP contribution in [0.4, 0.5) is 4.39 Å². The SMILES string of the molecule is COC(=O)[C@@]1(Sc2ccc(C)cc2)CC(=O)NC1c1ccc(F)c(OC)c1. The lowest BCUT2D eigenvalue weighted by Crippen LogP contribution is -2.41. The normalized spacial score (nSPS) is 21.6. The molecule has 0 bridgehead atoms. The van der Waals surface area contributed by atoms with Gasteiger partial charge in [0.2, 0.25) is 5.91 Å². The van der Waals surface area contributed by atoms with E-state index in [0.717, 1.165) is 10.5 Å². The van der Waals surface area contributed by atoms with Gasteiger partial charge < -0.3 is 14.8 Å². The standard InChI is InChI=1S/C20H20FNO4S/c1-12-4-7-14(8-5-12)27-20(19(24)26-3)11-17(23)22-18(20)13-6-9-15(21)16(10-13)25-2/h4-10,18H,11H2,1-3H3,(H,22,23)/t18?,20-/m1/s1. The maximum Gasteiger partial charge on any atom is 0.325 e. The quantitative estimate of drug-likeness (QED) is 0.794. The number of hydrogen-bond acceptors (Lipinski definition) is 5. The lowest BCUT2D eigenvalue weighted by atomic mass is 9.93. The second kappa shape index (κ2) is 7.60. The summed E-state index contributed by atoms with van der Waals surface area (Å²) in [5.74, 6) is -1.25. The lowest BCUT2D eigenvalue weighted by molar-refractivity contribution is -0.144. The molecule has 0 aromatic heterocycles. The number of methoxy groups -OCH3 is 2. The Morgan fingerprint density at radius 1 is 1.22 bits per heavy atom. The molecule has 2 atom stereocenters. The van der Waals surface area contributed by atoms with Crippen LogP contribution < -0.4 is 10.1 Å². The van der Waals surface area contributed by atoms with E-state index in [0.29, 0.717) is 5.56 Å². The van der Waals surface area contributed by atoms with Gasteiger partial charge in [-0.25, -0.2) is 4.39 Å². The molecular weight excluding hydrogens is 369 g/mol. The summed E-state index contributed by atoms with van der Waals surface area (Å²) in [6.45, 7) is 1.97. The molecule has 2 aromatic carbocycles. The number of carbonyl (C=O) groups excluding carboxylic acids is 2. The number of nitrogens with one attached hydrogen (secondary N) is 1. The zero-order valence-corrected chi connectivity index (χ0v) is 16.1. The Morgan fingerprint density at radius 3 is 2.56 bits per heavy atom. The Kier molecular flexibility index (Phi) is 5.41. The van der Waals surface area contributed by atoms with E-state index in [2.05, 4.69) is 5.32 Å². The highest BCUT2D eigenvalue weighted by atomic mass is 32.2. The number of benzene rings is 2. The maximum absolute atomic E-state index is 13.8. The summed E-state index contributed by atoms with van der Waals surface area (Å²) in [5, 5.41) is 2.84. The smallest absolute Gasteiger partial charge is 0.325 e. The van der Waals surface area contributed by atoms with Crippen molar-refractivity contribution >= 4 is 23.6 Å². The topological polar surface area (TPSA) is 64.6 Å². The van der Waals surface area contributed by atoms with Gasteiger partial charge in [0.1, 0.15) is 0 Å². The van der Waals surface area contributed by atoms with Gasteiger partial charge in [0.25, 0.3) is 0 Å². The van der Waals surface area contributed by atoms with Gasteiger partial charge in [0, 0.05) is 4.90 Å². The highest BCUT2D eigenvalue weighted by molar-refractivity contribution is 8.01. The zero-order chi connectivity index (χ0) is 19.6. The highest BCUT2D eigenvalue weighted by Gasteiger charge is 2.55. The first kappa shape index (κ1) is 19.2. The molecule has 1 saturated heterocycles. The first-order chi connectivity index (χ1) is 12.9. The van der Waals surface area contributed by atoms with Gasteiger partial charge in [0.15, 0.2) is 16.3 Å². The summed E-state index contributed by atoms with van der Waals surface area (Å²) < 4.78 is 22.7. The van der Waals surface area contributed by atoms with Crippen molar-refractivity contribution in [3.05, 3.63) is 59.4 Å². The fourth-order valence-corrected chi connectivity index (χ4v) is 4.57. The molecule has 1 aliphatic rings. The average Bonchev–Trinajstić information content (AvgIpc) is 3.00. The number of carbonyl (C=O) groups is 2. The average molecular weight is 389 g/mol. The van der Waals surface area contributed by atoms with Gasteiger partial charge in [-0.2, -0.15) is 0 Å². The molecule has 5 nitrogen and oxygen atoms in total. The molecule has 142 valence electrons. The van der Waals surface area contributed by atoms with Gasteiger partial charge in [-0.15, -0.1) is 11.8 Å². The molecule has 0 radical (unpaired) electrons. The number of thioether (sulfide) groups is 1. The summed E-state index contributed by atoms with van der Waals surface area (Å²) in [5.41, 5.74) is 1.66. The molecule has 1 amide bonds. The van der Waals surface area contributed by atoms with E-state index in [1.54, 1.807) is 6.07 Å². The van der Waals surface area contributed by atoms with Crippen molar-refractivity contribution < 1.29 is 23.5 Å². The molecule has 3 rings (SSSR count). The molecule has 1 unspecified atom stereocenters. The van der Waals surface area contributed by atoms with Crippen molar-refractivity contribution in [2.45, 2.75) is 29.0 Å². The minimum Gasteiger partial charge on any atom is -0.494 e. The van der Waals surface area contributed by atoms with Crippen LogP contribution >= 0.6 is 11.8 Å². The number of esters is 1. The predicted molar refractivity (Wildman–Crippen MR) is 100 cm³/mol. The predicted octanol–water partition coefficient (Wildman–Crippen LogP) is 3.41. The summed E-state index contributed by atoms with van der Waals surface area (Å²) in [4.78, 5) is 25.9. The van der Waals surface area contributed by atoms with E-state index >= 15 is 0 Å². The Balaban J connectivity index is 2.07. The van der Waals surface area contributed by atoms with Crippen LogP contribution in [0.2, 0.25) is 0 Å². The monoisotopic (exact) mass is 389 g/mol. The van der Waals surface area contributed by atoms with E-state index in [-0.39, 0.29) is 18.1 Å². The summed E-state index contributed by atoms with van der Waals surface area (Å²) >= 11 is 1.27. The number of amides is 1. The Hall–Kier alpha value is -2.54. The molecule has 27 heavy (non-hydrogen) atoms. The molecule has 2 aromatic rings. The molecule has 1 aliphatic heterocycles. The number of rotatable bonds is 5. The molecule has 1 heterocycles. The van der Waals surface area contributed by atoms with E-state index < -0.39 is 22.6 Å². The van der Waals surface area contributed by atoms with Crippen LogP contribution in [-0.2, 0) is 14.3 Å². The molecule has 0 aliphatic carbocycles. The summed E-state index contributed by atoms with van der Waals surface area (Å²) in [6, 6.07) is 11.3. The van der Waals surface area contributed by atoms with Gasteiger partial charge in [-0.3, -0.25) is 9.59 Å². The van der Waals surface area contributed by atoms with Crippen LogP contribution in [0.1, 0.15) is 23.6 Å². The molecule has 0 saturated carbocycles. The summed E-state index contributed by atoms with van der Waals surface area (Å²) in [7, 11) is 2.66. The molecular formula is C20H20FNO4S. The van der Waals surface area contributed by atoms with E-state index in [1.165, 1.54) is 38.1 Å². The zero-order valence-electron chi connectivity index (χ0n) is 15.2. The summed E-state index contributed by atoms with van der Waals surface area (Å²) in [6.07, 6.45) is -0.0391. The first-order valence-electron chi connectivity index (χ1n) is 8.36. The van der Waals surface area contributed by atoms with Crippen molar-refractivity contribution in [3.63, 3.8) is 0 Å². The third-order valence-corrected chi connectivity index (χ3v) is 5.97. The van der Waals surface area contributed by atoms with Crippen LogP contribution in [0.15, 0.2) is 47.4 Å². The minimum atomic E-state index is -1.20. The first-order valence-corrected chi connectivity index (χ1v) is 9.18. The van der Waals surface area contributed by atoms with Gasteiger partial charge >= 0.3 is 5.97 Å². The molecule has 1 N–H and O–H groups in total. The number of ether oxygens (including phenoxy) is 2. The molecule has 1 fully saturated rings. The Morgan fingerprint density at radius 2 is 1.93 bits per heavy atom. The van der Waals surface area contributed by atoms with Crippen LogP contribution in [0, 0.1) is 12.7 Å². The van der Waals surface area contributed by atoms with E-state index in [9.17, 15) is 14.0 Å². The van der Waals surface area contributed by atoms with Crippen molar-refractivity contribution in [1.29, 1.82) is 0 Å². The second-order valence-corrected chi connectivity index (χ2v) is 7.77. The van der Waals surface area contributed by atoms with Crippen LogP contribution in [0.5, 0.6) is 5.75 Å².